The van der Waals surface area contributed by atoms with E-state index in [4.69, 9.17) is 0 Å². The van der Waals surface area contributed by atoms with Crippen LogP contribution in [0.4, 0.5) is 10.1 Å². The number of halogens is 2. The van der Waals surface area contributed by atoms with E-state index in [1.165, 1.54) is 23.1 Å². The number of nitrogens with zero attached hydrogens (tertiary/aromatic N) is 1. The van der Waals surface area contributed by atoms with Crippen LogP contribution < -0.4 is 4.90 Å². The summed E-state index contributed by atoms with van der Waals surface area (Å²) in [6.45, 7) is 3.73. The summed E-state index contributed by atoms with van der Waals surface area (Å²) in [5, 5.41) is 10.7. The lowest BCUT2D eigenvalue weighted by atomic mass is 9.59. The molecule has 1 N–H and O–H groups in total. The molecule has 38 heavy (non-hydrogen) atoms. The Morgan fingerprint density at radius 1 is 1.03 bits per heavy atom. The minimum atomic E-state index is -0.919. The summed E-state index contributed by atoms with van der Waals surface area (Å²) in [5.41, 5.74) is 2.48. The van der Waals surface area contributed by atoms with Gasteiger partial charge in [0.15, 0.2) is 23.1 Å². The molecule has 0 spiro atoms. The lowest BCUT2D eigenvalue weighted by Gasteiger charge is -2.42. The Morgan fingerprint density at radius 3 is 2.47 bits per heavy atom. The van der Waals surface area contributed by atoms with Crippen LogP contribution in [0.15, 0.2) is 82.4 Å². The summed E-state index contributed by atoms with van der Waals surface area (Å²) in [7, 11) is 0. The van der Waals surface area contributed by atoms with Crippen molar-refractivity contribution in [2.75, 3.05) is 4.90 Å². The maximum absolute atomic E-state index is 14.5. The van der Waals surface area contributed by atoms with Crippen LogP contribution in [0.2, 0.25) is 0 Å². The number of phenolic OH excluding ortho intramolecular Hbond substituents is 1. The van der Waals surface area contributed by atoms with Crippen LogP contribution in [-0.4, -0.2) is 28.5 Å². The molecule has 0 bridgehead atoms. The van der Waals surface area contributed by atoms with Crippen LogP contribution in [-0.2, 0) is 19.2 Å². The van der Waals surface area contributed by atoms with Gasteiger partial charge in [-0.15, -0.1) is 0 Å². The summed E-state index contributed by atoms with van der Waals surface area (Å²) in [6.07, 6.45) is 5.02. The Hall–Kier alpha value is -3.91. The molecule has 1 heterocycles. The van der Waals surface area contributed by atoms with Crippen molar-refractivity contribution in [3.05, 3.63) is 99.3 Å². The van der Waals surface area contributed by atoms with Gasteiger partial charge in [-0.3, -0.25) is 24.1 Å². The van der Waals surface area contributed by atoms with Gasteiger partial charge in [0.1, 0.15) is 0 Å². The first-order chi connectivity index (χ1) is 18.2. The third-order valence-electron chi connectivity index (χ3n) is 8.05. The van der Waals surface area contributed by atoms with Crippen LogP contribution >= 0.6 is 15.9 Å². The SMILES string of the molecule is C=Cc1ccc(N2C(=O)C3CC=C4C(c5cccc(F)c5O)C5=C(CC4C3C2=O)C(=O)C(Br)=CC5=O)cc1. The number of amides is 2. The van der Waals surface area contributed by atoms with Gasteiger partial charge in [-0.2, -0.15) is 0 Å². The first-order valence-corrected chi connectivity index (χ1v) is 13.0. The van der Waals surface area contributed by atoms with Crippen molar-refractivity contribution in [1.29, 1.82) is 0 Å². The Balaban J connectivity index is 1.49. The fourth-order valence-corrected chi connectivity index (χ4v) is 6.79. The third-order valence-corrected chi connectivity index (χ3v) is 8.64. The number of allylic oxidation sites excluding steroid dienone is 6. The Bertz CT molecular complexity index is 1570. The van der Waals surface area contributed by atoms with Crippen molar-refractivity contribution in [2.45, 2.75) is 18.8 Å². The number of hydrogen-bond acceptors (Lipinski definition) is 5. The summed E-state index contributed by atoms with van der Waals surface area (Å²) in [4.78, 5) is 55.0. The fraction of sp³-hybridized carbons (Fsp3) is 0.200. The number of para-hydroxylation sites is 1. The number of benzene rings is 2. The van der Waals surface area contributed by atoms with Crippen molar-refractivity contribution in [3.63, 3.8) is 0 Å². The molecule has 4 aliphatic rings. The molecular weight excluding hydrogens is 553 g/mol. The monoisotopic (exact) mass is 573 g/mol. The molecule has 190 valence electrons. The van der Waals surface area contributed by atoms with Crippen LogP contribution in [0.25, 0.3) is 6.08 Å². The molecular formula is C30H21BrFNO5. The number of carbonyl (C=O) groups is 4. The van der Waals surface area contributed by atoms with E-state index in [-0.39, 0.29) is 45.8 Å². The highest BCUT2D eigenvalue weighted by Crippen LogP contribution is 2.56. The van der Waals surface area contributed by atoms with E-state index in [2.05, 4.69) is 22.5 Å². The van der Waals surface area contributed by atoms with Gasteiger partial charge in [0.05, 0.1) is 22.0 Å². The molecule has 0 radical (unpaired) electrons. The predicted molar refractivity (Wildman–Crippen MR) is 142 cm³/mol. The number of ketones is 2. The highest BCUT2D eigenvalue weighted by Gasteiger charge is 2.56. The van der Waals surface area contributed by atoms with Gasteiger partial charge in [-0.05, 0) is 58.5 Å². The molecule has 1 fully saturated rings. The average molecular weight is 574 g/mol. The maximum Gasteiger partial charge on any atom is 0.238 e. The lowest BCUT2D eigenvalue weighted by Crippen LogP contribution is -2.39. The largest absolute Gasteiger partial charge is 0.505 e. The Morgan fingerprint density at radius 2 is 1.76 bits per heavy atom. The molecule has 1 aliphatic heterocycles. The molecule has 4 unspecified atom stereocenters. The number of anilines is 1. The average Bonchev–Trinajstić information content (AvgIpc) is 3.17. The van der Waals surface area contributed by atoms with E-state index in [0.29, 0.717) is 11.3 Å². The molecule has 6 rings (SSSR count). The van der Waals surface area contributed by atoms with Gasteiger partial charge >= 0.3 is 0 Å². The van der Waals surface area contributed by atoms with Crippen LogP contribution in [0.3, 0.4) is 0 Å². The van der Waals surface area contributed by atoms with E-state index in [1.54, 1.807) is 30.3 Å². The zero-order valence-electron chi connectivity index (χ0n) is 20.0. The first-order valence-electron chi connectivity index (χ1n) is 12.2. The number of hydrogen-bond donors (Lipinski definition) is 1. The van der Waals surface area contributed by atoms with Crippen LogP contribution in [0.5, 0.6) is 5.75 Å². The number of aromatic hydroxyl groups is 1. The number of rotatable bonds is 3. The van der Waals surface area contributed by atoms with E-state index < -0.39 is 46.8 Å². The molecule has 1 saturated heterocycles. The molecule has 0 aromatic heterocycles. The van der Waals surface area contributed by atoms with Crippen LogP contribution in [0, 0.1) is 23.6 Å². The van der Waals surface area contributed by atoms with Gasteiger partial charge in [-0.25, -0.2) is 4.39 Å². The number of fused-ring (bicyclic) bond motifs is 3. The fourth-order valence-electron chi connectivity index (χ4n) is 6.34. The molecule has 2 aromatic rings. The minimum Gasteiger partial charge on any atom is -0.505 e. The van der Waals surface area contributed by atoms with Crippen molar-refractivity contribution in [2.24, 2.45) is 17.8 Å². The maximum atomic E-state index is 14.5. The van der Waals surface area contributed by atoms with Gasteiger partial charge in [-0.1, -0.05) is 48.6 Å². The van der Waals surface area contributed by atoms with E-state index in [0.717, 1.165) is 11.6 Å². The molecule has 8 heteroatoms. The van der Waals surface area contributed by atoms with Crippen molar-refractivity contribution >= 4 is 51.1 Å². The summed E-state index contributed by atoms with van der Waals surface area (Å²) < 4.78 is 14.6. The zero-order chi connectivity index (χ0) is 26.9. The number of phenols is 1. The van der Waals surface area contributed by atoms with Gasteiger partial charge in [0, 0.05) is 28.7 Å². The quantitative estimate of drug-likeness (QED) is 0.312. The standard InChI is InChI=1S/C30H21BrFNO5/c1-2-14-6-8-15(9-7-14)33-29(37)18-11-10-16-19(25(18)30(33)38)12-20-26(23(34)13-21(31)27(20)35)24(16)17-4-3-5-22(32)28(17)36/h2-10,13,18-19,24-25,36H,1,11-12H2. The summed E-state index contributed by atoms with van der Waals surface area (Å²) in [5.74, 6) is -5.87. The normalized spacial score (nSPS) is 26.5. The Labute approximate surface area is 226 Å². The molecule has 2 aromatic carbocycles. The van der Waals surface area contributed by atoms with E-state index in [1.807, 2.05) is 6.08 Å². The number of Topliss-reactive ketones (excluding diaryl/α,β-unsaturated/α-hetero) is 1. The van der Waals surface area contributed by atoms with Crippen molar-refractivity contribution in [1.82, 2.24) is 0 Å². The molecule has 4 atom stereocenters. The second-order valence-corrected chi connectivity index (χ2v) is 10.7. The van der Waals surface area contributed by atoms with Gasteiger partial charge < -0.3 is 5.11 Å². The Kier molecular flexibility index (Phi) is 5.68. The highest BCUT2D eigenvalue weighted by atomic mass is 79.9. The minimum absolute atomic E-state index is 0.0880. The third kappa shape index (κ3) is 3.43. The molecule has 6 nitrogen and oxygen atoms in total. The predicted octanol–water partition coefficient (Wildman–Crippen LogP) is 5.14. The van der Waals surface area contributed by atoms with Crippen LogP contribution in [0.1, 0.15) is 29.9 Å². The number of carbonyl (C=O) groups excluding carboxylic acids is 4. The van der Waals surface area contributed by atoms with Gasteiger partial charge in [0.25, 0.3) is 0 Å². The van der Waals surface area contributed by atoms with Crippen molar-refractivity contribution in [3.8, 4) is 5.75 Å². The highest BCUT2D eigenvalue weighted by molar-refractivity contribution is 9.12. The second kappa shape index (κ2) is 8.84. The summed E-state index contributed by atoms with van der Waals surface area (Å²) in [6, 6.07) is 11.0. The lowest BCUT2D eigenvalue weighted by molar-refractivity contribution is -0.123. The zero-order valence-corrected chi connectivity index (χ0v) is 21.6. The molecule has 2 amide bonds. The molecule has 0 saturated carbocycles. The van der Waals surface area contributed by atoms with Gasteiger partial charge in [0.2, 0.25) is 11.8 Å². The summed E-state index contributed by atoms with van der Waals surface area (Å²) >= 11 is 3.17. The van der Waals surface area contributed by atoms with Crippen molar-refractivity contribution < 1.29 is 28.7 Å². The topological polar surface area (TPSA) is 91.8 Å². The van der Waals surface area contributed by atoms with E-state index >= 15 is 0 Å². The van der Waals surface area contributed by atoms with E-state index in [9.17, 15) is 28.7 Å². The smallest absolute Gasteiger partial charge is 0.238 e. The number of imide groups is 1. The first kappa shape index (κ1) is 24.4. The molecule has 3 aliphatic carbocycles. The second-order valence-electron chi connectivity index (χ2n) is 9.88.